The van der Waals surface area contributed by atoms with E-state index in [1.807, 2.05) is 18.1 Å². The Bertz CT molecular complexity index is 1120. The van der Waals surface area contributed by atoms with Gasteiger partial charge in [0.05, 0.1) is 25.5 Å². The second-order valence-corrected chi connectivity index (χ2v) is 8.92. The first kappa shape index (κ1) is 22.4. The van der Waals surface area contributed by atoms with Crippen LogP contribution in [0.1, 0.15) is 56.5 Å². The fourth-order valence-corrected chi connectivity index (χ4v) is 4.26. The van der Waals surface area contributed by atoms with Crippen LogP contribution in [0.2, 0.25) is 0 Å². The second kappa shape index (κ2) is 9.77. The Kier molecular flexibility index (Phi) is 6.83. The summed E-state index contributed by atoms with van der Waals surface area (Å²) in [7, 11) is 3.57. The lowest BCUT2D eigenvalue weighted by atomic mass is 9.91. The van der Waals surface area contributed by atoms with Gasteiger partial charge in [-0.15, -0.1) is 0 Å². The van der Waals surface area contributed by atoms with Gasteiger partial charge < -0.3 is 9.64 Å². The van der Waals surface area contributed by atoms with E-state index in [2.05, 4.69) is 27.0 Å². The van der Waals surface area contributed by atoms with Crippen LogP contribution in [0.5, 0.6) is 0 Å². The average Bonchev–Trinajstić information content (AvgIpc) is 3.25. The van der Waals surface area contributed by atoms with Crippen molar-refractivity contribution in [2.24, 2.45) is 20.0 Å². The van der Waals surface area contributed by atoms with E-state index in [9.17, 15) is 4.79 Å². The Balaban J connectivity index is 0.000000300. The predicted octanol–water partition coefficient (Wildman–Crippen LogP) is 2.93. The number of ether oxygens (including phenoxy) is 1. The van der Waals surface area contributed by atoms with Crippen LogP contribution in [0.15, 0.2) is 23.4 Å². The maximum atomic E-state index is 12.5. The molecule has 2 aliphatic rings. The molecular weight excluding hydrogens is 406 g/mol. The van der Waals surface area contributed by atoms with Gasteiger partial charge in [0.15, 0.2) is 5.52 Å². The Morgan fingerprint density at radius 1 is 1.09 bits per heavy atom. The number of anilines is 1. The molecule has 3 aromatic rings. The monoisotopic (exact) mass is 439 g/mol. The fourth-order valence-electron chi connectivity index (χ4n) is 4.26. The first-order valence-electron chi connectivity index (χ1n) is 11.5. The van der Waals surface area contributed by atoms with Crippen LogP contribution in [0, 0.1) is 12.8 Å². The molecule has 2 fully saturated rings. The van der Waals surface area contributed by atoms with E-state index in [0.29, 0.717) is 42.5 Å². The fraction of sp³-hybridized carbons (Fsp3) is 0.609. The van der Waals surface area contributed by atoms with Crippen molar-refractivity contribution in [2.45, 2.75) is 52.1 Å². The summed E-state index contributed by atoms with van der Waals surface area (Å²) in [5, 5.41) is 4.19. The summed E-state index contributed by atoms with van der Waals surface area (Å²) in [6.07, 6.45) is 12.7. The molecule has 1 aliphatic heterocycles. The van der Waals surface area contributed by atoms with Gasteiger partial charge in [-0.25, -0.2) is 15.0 Å². The Morgan fingerprint density at radius 2 is 1.88 bits per heavy atom. The van der Waals surface area contributed by atoms with Crippen LogP contribution < -0.4 is 10.5 Å². The first-order valence-corrected chi connectivity index (χ1v) is 11.5. The summed E-state index contributed by atoms with van der Waals surface area (Å²) in [5.41, 5.74) is 1.70. The maximum Gasteiger partial charge on any atom is 0.279 e. The summed E-state index contributed by atoms with van der Waals surface area (Å²) < 4.78 is 9.10. The van der Waals surface area contributed by atoms with Crippen molar-refractivity contribution in [3.63, 3.8) is 0 Å². The molecule has 9 nitrogen and oxygen atoms in total. The SMILES string of the molecule is CC1CCCCC1.Cc1nc2cnc(N3CCOC(c4cnn(C)c4)C3)nc2c(=O)n1C. The average molecular weight is 440 g/mol. The van der Waals surface area contributed by atoms with Gasteiger partial charge in [-0.1, -0.05) is 39.0 Å². The van der Waals surface area contributed by atoms with Crippen molar-refractivity contribution in [3.8, 4) is 0 Å². The van der Waals surface area contributed by atoms with E-state index in [0.717, 1.165) is 11.5 Å². The molecular formula is C23H33N7O2. The van der Waals surface area contributed by atoms with Crippen LogP contribution in [0.25, 0.3) is 11.0 Å². The molecule has 1 atom stereocenters. The van der Waals surface area contributed by atoms with Crippen molar-refractivity contribution >= 4 is 17.0 Å². The van der Waals surface area contributed by atoms with Crippen LogP contribution in [0.4, 0.5) is 5.95 Å². The third-order valence-electron chi connectivity index (χ3n) is 6.37. The number of hydrogen-bond acceptors (Lipinski definition) is 7. The van der Waals surface area contributed by atoms with Gasteiger partial charge in [-0.3, -0.25) is 14.0 Å². The van der Waals surface area contributed by atoms with E-state index in [1.165, 1.54) is 36.7 Å². The number of fused-ring (bicyclic) bond motifs is 1. The third kappa shape index (κ3) is 4.98. The van der Waals surface area contributed by atoms with Gasteiger partial charge in [0.2, 0.25) is 5.95 Å². The number of rotatable bonds is 2. The van der Waals surface area contributed by atoms with E-state index in [4.69, 9.17) is 4.74 Å². The van der Waals surface area contributed by atoms with E-state index in [1.54, 1.807) is 31.0 Å². The molecule has 1 saturated carbocycles. The topological polar surface area (TPSA) is 91.0 Å². The molecule has 0 radical (unpaired) electrons. The summed E-state index contributed by atoms with van der Waals surface area (Å²) in [5.74, 6) is 2.19. The van der Waals surface area contributed by atoms with Crippen LogP contribution in [0.3, 0.4) is 0 Å². The minimum absolute atomic E-state index is 0.0966. The number of aryl methyl sites for hydroxylation is 2. The highest BCUT2D eigenvalue weighted by Gasteiger charge is 2.25. The second-order valence-electron chi connectivity index (χ2n) is 8.92. The molecule has 3 aromatic heterocycles. The van der Waals surface area contributed by atoms with Gasteiger partial charge in [-0.2, -0.15) is 5.10 Å². The quantitative estimate of drug-likeness (QED) is 0.606. The van der Waals surface area contributed by atoms with Crippen molar-refractivity contribution in [1.29, 1.82) is 0 Å². The minimum Gasteiger partial charge on any atom is -0.370 e. The normalized spacial score (nSPS) is 19.6. The van der Waals surface area contributed by atoms with Gasteiger partial charge in [-0.05, 0) is 12.8 Å². The molecule has 0 spiro atoms. The highest BCUT2D eigenvalue weighted by Crippen LogP contribution is 2.24. The van der Waals surface area contributed by atoms with Crippen molar-refractivity contribution in [1.82, 2.24) is 29.3 Å². The molecule has 1 saturated heterocycles. The highest BCUT2D eigenvalue weighted by molar-refractivity contribution is 5.73. The lowest BCUT2D eigenvalue weighted by Gasteiger charge is -2.32. The van der Waals surface area contributed by atoms with Gasteiger partial charge in [0.25, 0.3) is 5.56 Å². The Morgan fingerprint density at radius 3 is 2.53 bits per heavy atom. The molecule has 1 aliphatic carbocycles. The largest absolute Gasteiger partial charge is 0.370 e. The van der Waals surface area contributed by atoms with Gasteiger partial charge in [0.1, 0.15) is 17.4 Å². The lowest BCUT2D eigenvalue weighted by Crippen LogP contribution is -2.39. The number of nitrogens with zero attached hydrogens (tertiary/aromatic N) is 7. The molecule has 32 heavy (non-hydrogen) atoms. The first-order chi connectivity index (χ1) is 15.4. The zero-order valence-electron chi connectivity index (χ0n) is 19.5. The predicted molar refractivity (Wildman–Crippen MR) is 124 cm³/mol. The molecule has 0 amide bonds. The lowest BCUT2D eigenvalue weighted by molar-refractivity contribution is 0.0392. The van der Waals surface area contributed by atoms with E-state index in [-0.39, 0.29) is 11.7 Å². The van der Waals surface area contributed by atoms with Gasteiger partial charge in [0, 0.05) is 32.4 Å². The van der Waals surface area contributed by atoms with Gasteiger partial charge >= 0.3 is 0 Å². The number of morpholine rings is 1. The molecule has 172 valence electrons. The van der Waals surface area contributed by atoms with Crippen molar-refractivity contribution in [2.75, 3.05) is 24.6 Å². The molecule has 0 bridgehead atoms. The standard InChI is InChI=1S/C16H19N7O2.C7H14/c1-10-19-12-7-17-16(20-14(12)15(24)22(10)3)23-4-5-25-13(9-23)11-6-18-21(2)8-11;1-7-5-3-2-4-6-7/h6-8,13H,4-5,9H2,1-3H3;7H,2-6H2,1H3. The Labute approximate surface area is 188 Å². The van der Waals surface area contributed by atoms with Crippen molar-refractivity contribution in [3.05, 3.63) is 40.3 Å². The number of hydrogen-bond donors (Lipinski definition) is 0. The Hall–Kier alpha value is -2.81. The molecule has 5 rings (SSSR count). The molecule has 4 heterocycles. The minimum atomic E-state index is -0.164. The van der Waals surface area contributed by atoms with E-state index < -0.39 is 0 Å². The summed E-state index contributed by atoms with van der Waals surface area (Å²) in [6, 6.07) is 0. The van der Waals surface area contributed by atoms with Crippen LogP contribution >= 0.6 is 0 Å². The van der Waals surface area contributed by atoms with E-state index >= 15 is 0 Å². The molecule has 9 heteroatoms. The third-order valence-corrected chi connectivity index (χ3v) is 6.37. The summed E-state index contributed by atoms with van der Waals surface area (Å²) in [4.78, 5) is 27.7. The molecule has 0 aromatic carbocycles. The number of aromatic nitrogens is 6. The molecule has 1 unspecified atom stereocenters. The zero-order valence-corrected chi connectivity index (χ0v) is 19.5. The maximum absolute atomic E-state index is 12.5. The summed E-state index contributed by atoms with van der Waals surface area (Å²) in [6.45, 7) is 5.98. The van der Waals surface area contributed by atoms with Crippen molar-refractivity contribution < 1.29 is 4.74 Å². The molecule has 0 N–H and O–H groups in total. The van der Waals surface area contributed by atoms with Crippen LogP contribution in [-0.2, 0) is 18.8 Å². The summed E-state index contributed by atoms with van der Waals surface area (Å²) >= 11 is 0. The zero-order chi connectivity index (χ0) is 22.7. The highest BCUT2D eigenvalue weighted by atomic mass is 16.5. The smallest absolute Gasteiger partial charge is 0.279 e. The van der Waals surface area contributed by atoms with Crippen LogP contribution in [-0.4, -0.2) is 49.0 Å².